The third kappa shape index (κ3) is 3.73. The average Bonchev–Trinajstić information content (AvgIpc) is 2.75. The van der Waals surface area contributed by atoms with E-state index in [9.17, 15) is 5.11 Å². The lowest BCUT2D eigenvalue weighted by atomic mass is 10.2. The lowest BCUT2D eigenvalue weighted by molar-refractivity contribution is 0.106. The van der Waals surface area contributed by atoms with E-state index < -0.39 is 5.60 Å². The summed E-state index contributed by atoms with van der Waals surface area (Å²) in [5.74, 6) is 0.944. The van der Waals surface area contributed by atoms with Gasteiger partial charge in [-0.05, 0) is 38.1 Å². The molecule has 0 amide bonds. The molecule has 0 saturated carbocycles. The van der Waals surface area contributed by atoms with Gasteiger partial charge < -0.3 is 9.52 Å². The fourth-order valence-electron chi connectivity index (χ4n) is 1.22. The second-order valence-electron chi connectivity index (χ2n) is 4.48. The van der Waals surface area contributed by atoms with E-state index in [1.807, 2.05) is 12.1 Å². The van der Waals surface area contributed by atoms with E-state index in [2.05, 4.69) is 10.2 Å². The van der Waals surface area contributed by atoms with Crippen LogP contribution in [0.2, 0.25) is 5.02 Å². The largest absolute Gasteiger partial charge is 0.411 e. The van der Waals surface area contributed by atoms with Crippen molar-refractivity contribution in [3.63, 3.8) is 0 Å². The predicted octanol–water partition coefficient (Wildman–Crippen LogP) is 3.25. The van der Waals surface area contributed by atoms with Crippen molar-refractivity contribution in [1.29, 1.82) is 0 Å². The topological polar surface area (TPSA) is 59.2 Å². The molecule has 0 aliphatic carbocycles. The first-order valence-corrected chi connectivity index (χ1v) is 6.75. The third-order valence-corrected chi connectivity index (χ3v) is 3.56. The maximum absolute atomic E-state index is 9.61. The first-order chi connectivity index (χ1) is 8.44. The van der Waals surface area contributed by atoms with Gasteiger partial charge in [0, 0.05) is 16.3 Å². The van der Waals surface area contributed by atoms with Crippen LogP contribution in [0.4, 0.5) is 0 Å². The highest BCUT2D eigenvalue weighted by Gasteiger charge is 2.16. The molecule has 0 saturated heterocycles. The molecule has 6 heteroatoms. The molecule has 0 fully saturated rings. The molecule has 0 aliphatic rings. The van der Waals surface area contributed by atoms with Gasteiger partial charge in [0.05, 0.1) is 5.60 Å². The van der Waals surface area contributed by atoms with Crippen LogP contribution in [0.5, 0.6) is 0 Å². The summed E-state index contributed by atoms with van der Waals surface area (Å²) in [7, 11) is 0. The summed E-state index contributed by atoms with van der Waals surface area (Å²) >= 11 is 7.14. The van der Waals surface area contributed by atoms with Gasteiger partial charge in [-0.2, -0.15) is 0 Å². The van der Waals surface area contributed by atoms with Crippen molar-refractivity contribution in [2.75, 3.05) is 5.75 Å². The molecule has 2 aromatic rings. The van der Waals surface area contributed by atoms with Crippen LogP contribution in [0.25, 0.3) is 11.5 Å². The Kier molecular flexibility index (Phi) is 3.94. The highest BCUT2D eigenvalue weighted by molar-refractivity contribution is 7.99. The summed E-state index contributed by atoms with van der Waals surface area (Å²) in [6.07, 6.45) is 0. The van der Waals surface area contributed by atoms with Crippen LogP contribution in [-0.2, 0) is 0 Å². The second-order valence-corrected chi connectivity index (χ2v) is 5.84. The summed E-state index contributed by atoms with van der Waals surface area (Å²) in [6.45, 7) is 3.47. The summed E-state index contributed by atoms with van der Waals surface area (Å²) < 4.78 is 5.49. The molecule has 96 valence electrons. The maximum Gasteiger partial charge on any atom is 0.276 e. The molecule has 1 N–H and O–H groups in total. The van der Waals surface area contributed by atoms with Gasteiger partial charge in [0.15, 0.2) is 0 Å². The van der Waals surface area contributed by atoms with Crippen molar-refractivity contribution in [1.82, 2.24) is 10.2 Å². The molecule has 18 heavy (non-hydrogen) atoms. The SMILES string of the molecule is CC(C)(O)CSc1nnc(-c2ccc(Cl)cc2)o1. The van der Waals surface area contributed by atoms with E-state index in [0.29, 0.717) is 21.9 Å². The first-order valence-electron chi connectivity index (χ1n) is 5.39. The Labute approximate surface area is 114 Å². The molecule has 0 atom stereocenters. The fourth-order valence-corrected chi connectivity index (χ4v) is 2.05. The number of aromatic nitrogens is 2. The van der Waals surface area contributed by atoms with Crippen molar-refractivity contribution in [2.45, 2.75) is 24.7 Å². The number of benzene rings is 1. The minimum atomic E-state index is -0.764. The van der Waals surface area contributed by atoms with Crippen LogP contribution in [0.1, 0.15) is 13.8 Å². The Bertz CT molecular complexity index is 520. The van der Waals surface area contributed by atoms with E-state index in [0.717, 1.165) is 5.56 Å². The summed E-state index contributed by atoms with van der Waals surface area (Å²) in [6, 6.07) is 7.18. The van der Waals surface area contributed by atoms with Crippen LogP contribution in [0.3, 0.4) is 0 Å². The van der Waals surface area contributed by atoms with E-state index in [1.165, 1.54) is 11.8 Å². The molecule has 0 radical (unpaired) electrons. The van der Waals surface area contributed by atoms with Gasteiger partial charge in [-0.15, -0.1) is 10.2 Å². The van der Waals surface area contributed by atoms with Gasteiger partial charge in [0.2, 0.25) is 5.89 Å². The molecular weight excluding hydrogens is 272 g/mol. The molecule has 1 aromatic carbocycles. The summed E-state index contributed by atoms with van der Waals surface area (Å²) in [4.78, 5) is 0. The van der Waals surface area contributed by atoms with Crippen LogP contribution >= 0.6 is 23.4 Å². The Balaban J connectivity index is 2.08. The van der Waals surface area contributed by atoms with Crippen molar-refractivity contribution < 1.29 is 9.52 Å². The number of rotatable bonds is 4. The molecule has 2 rings (SSSR count). The van der Waals surface area contributed by atoms with Gasteiger partial charge >= 0.3 is 0 Å². The van der Waals surface area contributed by atoms with Gasteiger partial charge in [0.1, 0.15) is 0 Å². The van der Waals surface area contributed by atoms with Crippen molar-refractivity contribution in [3.8, 4) is 11.5 Å². The van der Waals surface area contributed by atoms with Gasteiger partial charge in [-0.1, -0.05) is 23.4 Å². The van der Waals surface area contributed by atoms with Crippen molar-refractivity contribution in [3.05, 3.63) is 29.3 Å². The summed E-state index contributed by atoms with van der Waals surface area (Å²) in [5, 5.41) is 18.6. The maximum atomic E-state index is 9.61. The summed E-state index contributed by atoms with van der Waals surface area (Å²) in [5.41, 5.74) is 0.0570. The number of nitrogens with zero attached hydrogens (tertiary/aromatic N) is 2. The Hall–Kier alpha value is -1.04. The zero-order chi connectivity index (χ0) is 13.2. The second kappa shape index (κ2) is 5.30. The first kappa shape index (κ1) is 13.4. The Morgan fingerprint density at radius 1 is 1.28 bits per heavy atom. The molecule has 0 aliphatic heterocycles. The predicted molar refractivity (Wildman–Crippen MR) is 71.8 cm³/mol. The molecule has 0 bridgehead atoms. The number of hydrogen-bond acceptors (Lipinski definition) is 5. The zero-order valence-corrected chi connectivity index (χ0v) is 11.6. The number of aliphatic hydroxyl groups is 1. The minimum Gasteiger partial charge on any atom is -0.411 e. The lowest BCUT2D eigenvalue weighted by Gasteiger charge is -2.13. The molecular formula is C12H13ClN2O2S. The average molecular weight is 285 g/mol. The van der Waals surface area contributed by atoms with Crippen molar-refractivity contribution in [2.24, 2.45) is 0 Å². The Morgan fingerprint density at radius 2 is 1.94 bits per heavy atom. The van der Waals surface area contributed by atoms with E-state index >= 15 is 0 Å². The number of thioether (sulfide) groups is 1. The highest BCUT2D eigenvalue weighted by atomic mass is 35.5. The van der Waals surface area contributed by atoms with Gasteiger partial charge in [0.25, 0.3) is 5.22 Å². The molecule has 4 nitrogen and oxygen atoms in total. The standard InChI is InChI=1S/C12H13ClN2O2S/c1-12(2,16)7-18-11-15-14-10(17-11)8-3-5-9(13)6-4-8/h3-6,16H,7H2,1-2H3. The lowest BCUT2D eigenvalue weighted by Crippen LogP contribution is -2.21. The van der Waals surface area contributed by atoms with Gasteiger partial charge in [-0.25, -0.2) is 0 Å². The van der Waals surface area contributed by atoms with Crippen LogP contribution < -0.4 is 0 Å². The van der Waals surface area contributed by atoms with Crippen LogP contribution in [0.15, 0.2) is 33.9 Å². The van der Waals surface area contributed by atoms with E-state index in [1.54, 1.807) is 26.0 Å². The third-order valence-electron chi connectivity index (χ3n) is 2.05. The smallest absolute Gasteiger partial charge is 0.276 e. The molecule has 1 aromatic heterocycles. The normalized spacial score (nSPS) is 11.8. The monoisotopic (exact) mass is 284 g/mol. The zero-order valence-electron chi connectivity index (χ0n) is 10.1. The number of halogens is 1. The van der Waals surface area contributed by atoms with Crippen LogP contribution in [0, 0.1) is 0 Å². The highest BCUT2D eigenvalue weighted by Crippen LogP contribution is 2.26. The van der Waals surface area contributed by atoms with E-state index in [-0.39, 0.29) is 0 Å². The van der Waals surface area contributed by atoms with Crippen LogP contribution in [-0.4, -0.2) is 26.7 Å². The number of hydrogen-bond donors (Lipinski definition) is 1. The van der Waals surface area contributed by atoms with Crippen molar-refractivity contribution >= 4 is 23.4 Å². The molecule has 0 spiro atoms. The molecule has 0 unspecified atom stereocenters. The van der Waals surface area contributed by atoms with Gasteiger partial charge in [-0.3, -0.25) is 0 Å². The van der Waals surface area contributed by atoms with E-state index in [4.69, 9.17) is 16.0 Å². The fraction of sp³-hybridized carbons (Fsp3) is 0.333. The quantitative estimate of drug-likeness (QED) is 0.873. The molecule has 1 heterocycles. The Morgan fingerprint density at radius 3 is 2.56 bits per heavy atom. The minimum absolute atomic E-state index is 0.446.